The Kier molecular flexibility index (Phi) is 3.29. The number of phenolic OH excluding ortho intramolecular Hbond substituents is 1. The molecule has 1 atom stereocenters. The van der Waals surface area contributed by atoms with Crippen LogP contribution < -0.4 is 5.32 Å². The van der Waals surface area contributed by atoms with E-state index in [1.165, 1.54) is 0 Å². The first-order valence-corrected chi connectivity index (χ1v) is 5.78. The minimum atomic E-state index is 0.0769. The maximum absolute atomic E-state index is 10.0. The molecule has 82 valence electrons. The molecule has 0 aromatic heterocycles. The van der Waals surface area contributed by atoms with Crippen LogP contribution in [0.5, 0.6) is 5.75 Å². The molecule has 15 heavy (non-hydrogen) atoms. The Labute approximate surface area is 97.6 Å². The van der Waals surface area contributed by atoms with Crippen molar-refractivity contribution in [2.45, 2.75) is 13.0 Å². The zero-order chi connectivity index (χ0) is 10.8. The predicted octanol–water partition coefficient (Wildman–Crippen LogP) is 2.12. The van der Waals surface area contributed by atoms with Gasteiger partial charge in [-0.05, 0) is 18.6 Å². The number of morpholine rings is 1. The van der Waals surface area contributed by atoms with Gasteiger partial charge in [-0.15, -0.1) is 0 Å². The van der Waals surface area contributed by atoms with E-state index in [0.29, 0.717) is 12.4 Å². The smallest absolute Gasteiger partial charge is 0.124 e. The molecule has 1 saturated heterocycles. The van der Waals surface area contributed by atoms with Crippen molar-refractivity contribution >= 4 is 15.9 Å². The molecule has 0 bridgehead atoms. The van der Waals surface area contributed by atoms with Crippen LogP contribution in [0.25, 0.3) is 0 Å². The highest BCUT2D eigenvalue weighted by Crippen LogP contribution is 2.34. The van der Waals surface area contributed by atoms with Gasteiger partial charge in [-0.3, -0.25) is 0 Å². The van der Waals surface area contributed by atoms with E-state index >= 15 is 0 Å². The number of rotatable bonds is 1. The van der Waals surface area contributed by atoms with Crippen molar-refractivity contribution in [2.75, 3.05) is 19.8 Å². The Bertz CT molecular complexity index is 362. The van der Waals surface area contributed by atoms with Gasteiger partial charge in [0.25, 0.3) is 0 Å². The first kappa shape index (κ1) is 10.9. The highest BCUT2D eigenvalue weighted by molar-refractivity contribution is 9.10. The van der Waals surface area contributed by atoms with Crippen LogP contribution in [0.2, 0.25) is 0 Å². The number of nitrogens with one attached hydrogen (secondary N) is 1. The van der Waals surface area contributed by atoms with E-state index in [-0.39, 0.29) is 6.04 Å². The van der Waals surface area contributed by atoms with Crippen molar-refractivity contribution in [3.63, 3.8) is 0 Å². The zero-order valence-electron chi connectivity index (χ0n) is 8.59. The van der Waals surface area contributed by atoms with Crippen molar-refractivity contribution in [2.24, 2.45) is 0 Å². The van der Waals surface area contributed by atoms with Gasteiger partial charge in [-0.2, -0.15) is 0 Å². The molecule has 4 heteroatoms. The topological polar surface area (TPSA) is 41.5 Å². The predicted molar refractivity (Wildman–Crippen MR) is 62.1 cm³/mol. The summed E-state index contributed by atoms with van der Waals surface area (Å²) in [5.74, 6) is 0.354. The molecule has 0 amide bonds. The molecule has 0 radical (unpaired) electrons. The Morgan fingerprint density at radius 3 is 3.00 bits per heavy atom. The fourth-order valence-corrected chi connectivity index (χ4v) is 2.37. The monoisotopic (exact) mass is 271 g/mol. The van der Waals surface area contributed by atoms with E-state index in [4.69, 9.17) is 4.74 Å². The second-order valence-corrected chi connectivity index (χ2v) is 4.56. The molecule has 2 rings (SSSR count). The summed E-state index contributed by atoms with van der Waals surface area (Å²) in [6.07, 6.45) is 0. The van der Waals surface area contributed by atoms with Crippen LogP contribution in [0.4, 0.5) is 0 Å². The first-order chi connectivity index (χ1) is 7.20. The lowest BCUT2D eigenvalue weighted by atomic mass is 10.0. The molecule has 3 nitrogen and oxygen atoms in total. The molecule has 1 fully saturated rings. The van der Waals surface area contributed by atoms with Gasteiger partial charge in [0.2, 0.25) is 0 Å². The quantitative estimate of drug-likeness (QED) is 0.822. The van der Waals surface area contributed by atoms with Crippen molar-refractivity contribution in [3.8, 4) is 5.75 Å². The molecule has 1 aliphatic heterocycles. The standard InChI is InChI=1S/C11H14BrNO2/c1-7-2-3-8(12)10(11(7)14)9-6-15-5-4-13-9/h2-3,9,13-14H,4-6H2,1H3. The number of aromatic hydroxyl groups is 1. The molecule has 1 aliphatic rings. The zero-order valence-corrected chi connectivity index (χ0v) is 10.2. The van der Waals surface area contributed by atoms with Gasteiger partial charge in [0, 0.05) is 16.6 Å². The van der Waals surface area contributed by atoms with E-state index in [9.17, 15) is 5.11 Å². The highest BCUT2D eigenvalue weighted by atomic mass is 79.9. The maximum atomic E-state index is 10.0. The average molecular weight is 272 g/mol. The second kappa shape index (κ2) is 4.51. The number of aryl methyl sites for hydroxylation is 1. The lowest BCUT2D eigenvalue weighted by molar-refractivity contribution is 0.0758. The lowest BCUT2D eigenvalue weighted by Gasteiger charge is -2.26. The van der Waals surface area contributed by atoms with E-state index in [1.54, 1.807) is 0 Å². The molecule has 1 heterocycles. The third kappa shape index (κ3) is 2.17. The van der Waals surface area contributed by atoms with E-state index in [1.807, 2.05) is 19.1 Å². The van der Waals surface area contributed by atoms with Gasteiger partial charge < -0.3 is 15.2 Å². The molecule has 1 aromatic rings. The molecular weight excluding hydrogens is 258 g/mol. The summed E-state index contributed by atoms with van der Waals surface area (Å²) in [6, 6.07) is 3.93. The van der Waals surface area contributed by atoms with Gasteiger partial charge in [0.05, 0.1) is 19.3 Å². The van der Waals surface area contributed by atoms with Gasteiger partial charge >= 0.3 is 0 Å². The molecule has 0 saturated carbocycles. The second-order valence-electron chi connectivity index (χ2n) is 3.71. The van der Waals surface area contributed by atoms with Crippen LogP contribution in [-0.2, 0) is 4.74 Å². The third-order valence-corrected chi connectivity index (χ3v) is 3.33. The van der Waals surface area contributed by atoms with Crippen LogP contribution in [0, 0.1) is 6.92 Å². The van der Waals surface area contributed by atoms with Crippen LogP contribution in [0.3, 0.4) is 0 Å². The number of phenols is 1. The van der Waals surface area contributed by atoms with Crippen molar-refractivity contribution in [1.29, 1.82) is 0 Å². The summed E-state index contributed by atoms with van der Waals surface area (Å²) in [5, 5.41) is 13.3. The van der Waals surface area contributed by atoms with Crippen molar-refractivity contribution < 1.29 is 9.84 Å². The van der Waals surface area contributed by atoms with Crippen LogP contribution in [0.1, 0.15) is 17.2 Å². The molecule has 1 unspecified atom stereocenters. The van der Waals surface area contributed by atoms with Gasteiger partial charge in [-0.25, -0.2) is 0 Å². The highest BCUT2D eigenvalue weighted by Gasteiger charge is 2.21. The number of ether oxygens (including phenoxy) is 1. The van der Waals surface area contributed by atoms with E-state index in [2.05, 4.69) is 21.2 Å². The minimum Gasteiger partial charge on any atom is -0.507 e. The number of hydrogen-bond acceptors (Lipinski definition) is 3. The Balaban J connectivity index is 2.36. The van der Waals surface area contributed by atoms with Crippen LogP contribution in [0.15, 0.2) is 16.6 Å². The third-order valence-electron chi connectivity index (χ3n) is 2.64. The normalized spacial score (nSPS) is 21.6. The summed E-state index contributed by atoms with van der Waals surface area (Å²) in [4.78, 5) is 0. The average Bonchev–Trinajstić information content (AvgIpc) is 2.26. The van der Waals surface area contributed by atoms with Crippen LogP contribution >= 0.6 is 15.9 Å². The minimum absolute atomic E-state index is 0.0769. The maximum Gasteiger partial charge on any atom is 0.124 e. The summed E-state index contributed by atoms with van der Waals surface area (Å²) in [6.45, 7) is 4.07. The first-order valence-electron chi connectivity index (χ1n) is 4.99. The van der Waals surface area contributed by atoms with Crippen molar-refractivity contribution in [3.05, 3.63) is 27.7 Å². The summed E-state index contributed by atoms with van der Waals surface area (Å²) < 4.78 is 6.32. The van der Waals surface area contributed by atoms with E-state index in [0.717, 1.165) is 28.8 Å². The van der Waals surface area contributed by atoms with Gasteiger partial charge in [0.15, 0.2) is 0 Å². The fourth-order valence-electron chi connectivity index (χ4n) is 1.77. The molecule has 0 aliphatic carbocycles. The Morgan fingerprint density at radius 1 is 1.53 bits per heavy atom. The molecular formula is C11H14BrNO2. The summed E-state index contributed by atoms with van der Waals surface area (Å²) >= 11 is 3.46. The number of hydrogen-bond donors (Lipinski definition) is 2. The molecule has 2 N–H and O–H groups in total. The SMILES string of the molecule is Cc1ccc(Br)c(C2COCCN2)c1O. The van der Waals surface area contributed by atoms with E-state index < -0.39 is 0 Å². The Morgan fingerprint density at radius 2 is 2.33 bits per heavy atom. The summed E-state index contributed by atoms with van der Waals surface area (Å²) in [5.41, 5.74) is 1.79. The van der Waals surface area contributed by atoms with Crippen LogP contribution in [-0.4, -0.2) is 24.9 Å². The Hall–Kier alpha value is -0.580. The van der Waals surface area contributed by atoms with Crippen molar-refractivity contribution in [1.82, 2.24) is 5.32 Å². The lowest BCUT2D eigenvalue weighted by Crippen LogP contribution is -2.34. The fraction of sp³-hybridized carbons (Fsp3) is 0.455. The summed E-state index contributed by atoms with van der Waals surface area (Å²) in [7, 11) is 0. The largest absolute Gasteiger partial charge is 0.507 e. The number of halogens is 1. The number of benzene rings is 1. The molecule has 0 spiro atoms. The van der Waals surface area contributed by atoms with Gasteiger partial charge in [0.1, 0.15) is 5.75 Å². The molecule has 1 aromatic carbocycles. The van der Waals surface area contributed by atoms with Gasteiger partial charge in [-0.1, -0.05) is 22.0 Å².